The second-order valence-corrected chi connectivity index (χ2v) is 9.19. The number of hydrogen-bond acceptors (Lipinski definition) is 6. The van der Waals surface area contributed by atoms with Crippen molar-refractivity contribution in [3.05, 3.63) is 31.5 Å². The third-order valence-electron chi connectivity index (χ3n) is 6.93. The Labute approximate surface area is 195 Å². The Kier molecular flexibility index (Phi) is 10.4. The fourth-order valence-corrected chi connectivity index (χ4v) is 5.34. The molecule has 0 aromatic carbocycles. The fraction of sp³-hybridized carbons (Fsp3) is 0.792. The lowest BCUT2D eigenvalue weighted by Gasteiger charge is -2.29. The first-order valence-corrected chi connectivity index (χ1v) is 12.2. The topological polar surface area (TPSA) is 123 Å². The van der Waals surface area contributed by atoms with Gasteiger partial charge in [-0.25, -0.2) is 28.1 Å². The number of rotatable bonds is 7. The Bertz CT molecular complexity index is 1030. The third-order valence-corrected chi connectivity index (χ3v) is 6.93. The van der Waals surface area contributed by atoms with Gasteiger partial charge >= 0.3 is 17.1 Å². The van der Waals surface area contributed by atoms with E-state index >= 15 is 0 Å². The molecule has 33 heavy (non-hydrogen) atoms. The minimum atomic E-state index is -0.576. The average molecular weight is 460 g/mol. The van der Waals surface area contributed by atoms with Gasteiger partial charge in [0.25, 0.3) is 6.26 Å². The van der Waals surface area contributed by atoms with E-state index in [2.05, 4.69) is 6.07 Å². The summed E-state index contributed by atoms with van der Waals surface area (Å²) in [6, 6.07) is 2.23. The molecule has 2 aliphatic rings. The summed E-state index contributed by atoms with van der Waals surface area (Å²) in [4.78, 5) is 38.6. The van der Waals surface area contributed by atoms with Crippen LogP contribution in [-0.2, 0) is 24.9 Å². The van der Waals surface area contributed by atoms with Gasteiger partial charge in [0, 0.05) is 26.6 Å². The zero-order valence-electron chi connectivity index (χ0n) is 20.2. The molecule has 1 heterocycles. The summed E-state index contributed by atoms with van der Waals surface area (Å²) in [5.41, 5.74) is -1.68. The molecule has 0 amide bonds. The van der Waals surface area contributed by atoms with Gasteiger partial charge in [-0.2, -0.15) is 10.5 Å². The SMILES string of the molecule is CC.Cn1c(=O)n(CC2CCCC(CC#N)C2)c(=O)n(CC2CCCC(COC#N)C2)c1=O. The standard InChI is InChI=1S/C22H31N5O4.C2H6/c1-25-20(28)26(12-17-5-2-4-16(10-17)8-9-23)22(30)27(21(25)29)13-18-6-3-7-19(11-18)14-31-15-24;1-2/h16-19H,2-8,10-14H2,1H3;1-2H3. The zero-order valence-corrected chi connectivity index (χ0v) is 20.2. The summed E-state index contributed by atoms with van der Waals surface area (Å²) in [5, 5.41) is 17.6. The minimum Gasteiger partial charge on any atom is -0.427 e. The van der Waals surface area contributed by atoms with E-state index in [4.69, 9.17) is 15.3 Å². The summed E-state index contributed by atoms with van der Waals surface area (Å²) >= 11 is 0. The van der Waals surface area contributed by atoms with Crippen LogP contribution in [0, 0.1) is 46.5 Å². The predicted octanol–water partition coefficient (Wildman–Crippen LogP) is 2.76. The van der Waals surface area contributed by atoms with Gasteiger partial charge in [0.2, 0.25) is 0 Å². The molecular formula is C24H37N5O4. The summed E-state index contributed by atoms with van der Waals surface area (Å²) in [7, 11) is 1.42. The van der Waals surface area contributed by atoms with Gasteiger partial charge in [-0.1, -0.05) is 26.7 Å². The maximum Gasteiger partial charge on any atom is 0.336 e. The molecule has 0 radical (unpaired) electrons. The van der Waals surface area contributed by atoms with E-state index in [0.29, 0.717) is 18.9 Å². The van der Waals surface area contributed by atoms with E-state index in [-0.39, 0.29) is 30.8 Å². The molecule has 2 aliphatic carbocycles. The lowest BCUT2D eigenvalue weighted by molar-refractivity contribution is 0.144. The van der Waals surface area contributed by atoms with E-state index < -0.39 is 17.1 Å². The van der Waals surface area contributed by atoms with E-state index in [9.17, 15) is 14.4 Å². The molecule has 2 fully saturated rings. The van der Waals surface area contributed by atoms with Gasteiger partial charge in [0.05, 0.1) is 6.07 Å². The van der Waals surface area contributed by atoms with Crippen molar-refractivity contribution in [2.45, 2.75) is 84.7 Å². The molecule has 2 saturated carbocycles. The molecule has 0 N–H and O–H groups in total. The third kappa shape index (κ3) is 6.83. The minimum absolute atomic E-state index is 0.132. The Morgan fingerprint density at radius 2 is 1.30 bits per heavy atom. The van der Waals surface area contributed by atoms with Crippen LogP contribution >= 0.6 is 0 Å². The van der Waals surface area contributed by atoms with Gasteiger partial charge in [-0.15, -0.1) is 0 Å². The molecule has 1 aromatic heterocycles. The van der Waals surface area contributed by atoms with E-state index in [1.165, 1.54) is 16.2 Å². The number of nitriles is 2. The van der Waals surface area contributed by atoms with Crippen molar-refractivity contribution in [2.75, 3.05) is 6.61 Å². The van der Waals surface area contributed by atoms with Crippen LogP contribution in [0.3, 0.4) is 0 Å². The van der Waals surface area contributed by atoms with E-state index in [1.807, 2.05) is 13.8 Å². The largest absolute Gasteiger partial charge is 0.427 e. The Balaban J connectivity index is 0.00000187. The number of hydrogen-bond donors (Lipinski definition) is 0. The summed E-state index contributed by atoms with van der Waals surface area (Å²) in [6.07, 6.45) is 9.56. The average Bonchev–Trinajstić information content (AvgIpc) is 2.84. The van der Waals surface area contributed by atoms with Crippen LogP contribution in [0.4, 0.5) is 0 Å². The number of ether oxygens (including phenoxy) is 1. The Hall–Kier alpha value is -2.81. The first-order valence-electron chi connectivity index (χ1n) is 12.2. The second kappa shape index (κ2) is 13.0. The molecular weight excluding hydrogens is 422 g/mol. The highest BCUT2D eigenvalue weighted by atomic mass is 16.5. The van der Waals surface area contributed by atoms with E-state index in [1.54, 1.807) is 6.26 Å². The molecule has 1 aromatic rings. The van der Waals surface area contributed by atoms with Crippen molar-refractivity contribution in [3.8, 4) is 12.3 Å². The van der Waals surface area contributed by atoms with Crippen LogP contribution in [-0.4, -0.2) is 20.3 Å². The first kappa shape index (κ1) is 26.4. The van der Waals surface area contributed by atoms with Crippen LogP contribution in [0.15, 0.2) is 14.4 Å². The quantitative estimate of drug-likeness (QED) is 0.578. The molecule has 0 bridgehead atoms. The lowest BCUT2D eigenvalue weighted by Crippen LogP contribution is -2.55. The molecule has 3 rings (SSSR count). The monoisotopic (exact) mass is 459 g/mol. The molecule has 9 nitrogen and oxygen atoms in total. The van der Waals surface area contributed by atoms with Crippen LogP contribution < -0.4 is 17.1 Å². The molecule has 4 unspecified atom stereocenters. The number of aromatic nitrogens is 3. The second-order valence-electron chi connectivity index (χ2n) is 9.19. The predicted molar refractivity (Wildman–Crippen MR) is 124 cm³/mol. The molecule has 0 spiro atoms. The molecule has 4 atom stereocenters. The Morgan fingerprint density at radius 3 is 1.82 bits per heavy atom. The van der Waals surface area contributed by atoms with Crippen LogP contribution in [0.2, 0.25) is 0 Å². The highest BCUT2D eigenvalue weighted by Gasteiger charge is 2.27. The number of nitrogens with zero attached hydrogens (tertiary/aromatic N) is 5. The van der Waals surface area contributed by atoms with Crippen LogP contribution in [0.25, 0.3) is 0 Å². The van der Waals surface area contributed by atoms with Crippen LogP contribution in [0.5, 0.6) is 0 Å². The van der Waals surface area contributed by atoms with Gasteiger partial charge in [-0.3, -0.25) is 0 Å². The van der Waals surface area contributed by atoms with Crippen molar-refractivity contribution < 1.29 is 4.74 Å². The fourth-order valence-electron chi connectivity index (χ4n) is 5.34. The molecule has 9 heteroatoms. The molecule has 0 saturated heterocycles. The van der Waals surface area contributed by atoms with Gasteiger partial charge in [0.1, 0.15) is 6.61 Å². The normalized spacial score (nSPS) is 24.6. The maximum atomic E-state index is 13.2. The molecule has 182 valence electrons. The van der Waals surface area contributed by atoms with Crippen molar-refractivity contribution in [3.63, 3.8) is 0 Å². The first-order chi connectivity index (χ1) is 15.9. The zero-order chi connectivity index (χ0) is 24.4. The van der Waals surface area contributed by atoms with Gasteiger partial charge < -0.3 is 4.74 Å². The highest BCUT2D eigenvalue weighted by molar-refractivity contribution is 4.85. The van der Waals surface area contributed by atoms with Gasteiger partial charge in [-0.05, 0) is 62.2 Å². The summed E-state index contributed by atoms with van der Waals surface area (Å²) in [5.74, 6) is 0.838. The molecule has 0 aliphatic heterocycles. The smallest absolute Gasteiger partial charge is 0.336 e. The maximum absolute atomic E-state index is 13.2. The van der Waals surface area contributed by atoms with Crippen molar-refractivity contribution in [1.82, 2.24) is 13.7 Å². The lowest BCUT2D eigenvalue weighted by atomic mass is 9.80. The highest BCUT2D eigenvalue weighted by Crippen LogP contribution is 2.32. The summed E-state index contributed by atoms with van der Waals surface area (Å²) < 4.78 is 8.32. The summed E-state index contributed by atoms with van der Waals surface area (Å²) in [6.45, 7) is 4.93. The van der Waals surface area contributed by atoms with E-state index in [0.717, 1.165) is 55.9 Å². The van der Waals surface area contributed by atoms with Crippen molar-refractivity contribution >= 4 is 0 Å². The van der Waals surface area contributed by atoms with Crippen molar-refractivity contribution in [2.24, 2.45) is 30.7 Å². The Morgan fingerprint density at radius 1 is 0.818 bits per heavy atom. The van der Waals surface area contributed by atoms with Crippen molar-refractivity contribution in [1.29, 1.82) is 10.5 Å². The van der Waals surface area contributed by atoms with Gasteiger partial charge in [0.15, 0.2) is 0 Å². The van der Waals surface area contributed by atoms with Crippen LogP contribution in [0.1, 0.15) is 71.6 Å².